The largest absolute Gasteiger partial charge is 0.484 e. The molecule has 2 fully saturated rings. The van der Waals surface area contributed by atoms with Gasteiger partial charge in [-0.25, -0.2) is 4.98 Å². The van der Waals surface area contributed by atoms with Crippen LogP contribution in [0.1, 0.15) is 25.0 Å². The van der Waals surface area contributed by atoms with E-state index in [9.17, 15) is 4.79 Å². The average molecular weight is 435 g/mol. The van der Waals surface area contributed by atoms with E-state index >= 15 is 0 Å². The second-order valence-corrected chi connectivity index (χ2v) is 8.85. The zero-order valence-electron chi connectivity index (χ0n) is 16.6. The van der Waals surface area contributed by atoms with Gasteiger partial charge in [0.1, 0.15) is 5.75 Å². The highest BCUT2D eigenvalue weighted by Crippen LogP contribution is 2.24. The van der Waals surface area contributed by atoms with Gasteiger partial charge in [0.25, 0.3) is 5.91 Å². The van der Waals surface area contributed by atoms with Crippen molar-refractivity contribution in [3.05, 3.63) is 40.4 Å². The fraction of sp³-hybridized carbons (Fsp3) is 0.524. The van der Waals surface area contributed by atoms with E-state index in [1.165, 1.54) is 38.0 Å². The number of carbonyl (C=O) groups excluding carboxylic acids is 1. The minimum absolute atomic E-state index is 0.00884. The molecule has 0 N–H and O–H groups in total. The number of anilines is 1. The van der Waals surface area contributed by atoms with Gasteiger partial charge in [0.15, 0.2) is 11.7 Å². The van der Waals surface area contributed by atoms with E-state index in [-0.39, 0.29) is 12.5 Å². The lowest BCUT2D eigenvalue weighted by molar-refractivity contribution is -0.133. The third kappa shape index (κ3) is 5.62. The molecule has 0 atom stereocenters. The molecule has 8 heteroatoms. The maximum Gasteiger partial charge on any atom is 0.260 e. The van der Waals surface area contributed by atoms with Crippen LogP contribution in [0.25, 0.3) is 0 Å². The highest BCUT2D eigenvalue weighted by atomic mass is 35.5. The Hall–Kier alpha value is -1.83. The predicted octanol–water partition coefficient (Wildman–Crippen LogP) is 3.51. The molecule has 2 aliphatic rings. The summed E-state index contributed by atoms with van der Waals surface area (Å²) in [6.07, 6.45) is 3.95. The number of nitrogens with zero attached hydrogens (tertiary/aromatic N) is 4. The van der Waals surface area contributed by atoms with Crippen LogP contribution in [0.15, 0.2) is 29.6 Å². The molecule has 0 unspecified atom stereocenters. The van der Waals surface area contributed by atoms with Crippen LogP contribution in [0, 0.1) is 0 Å². The second-order valence-electron chi connectivity index (χ2n) is 7.57. The van der Waals surface area contributed by atoms with Crippen molar-refractivity contribution in [2.45, 2.75) is 25.8 Å². The van der Waals surface area contributed by atoms with Gasteiger partial charge >= 0.3 is 0 Å². The van der Waals surface area contributed by atoms with Gasteiger partial charge in [0.2, 0.25) is 0 Å². The Labute approximate surface area is 181 Å². The van der Waals surface area contributed by atoms with Crippen molar-refractivity contribution in [1.29, 1.82) is 0 Å². The predicted molar refractivity (Wildman–Crippen MR) is 117 cm³/mol. The van der Waals surface area contributed by atoms with Crippen LogP contribution < -0.4 is 9.64 Å². The Balaban J connectivity index is 1.23. The highest BCUT2D eigenvalue weighted by Gasteiger charge is 2.23. The van der Waals surface area contributed by atoms with Crippen LogP contribution >= 0.6 is 22.9 Å². The molecular weight excluding hydrogens is 408 g/mol. The summed E-state index contributed by atoms with van der Waals surface area (Å²) in [4.78, 5) is 23.9. The number of hydrogen-bond donors (Lipinski definition) is 0. The van der Waals surface area contributed by atoms with Crippen molar-refractivity contribution >= 4 is 34.0 Å². The summed E-state index contributed by atoms with van der Waals surface area (Å²) in [6, 6.07) is 7.12. The number of amides is 1. The second kappa shape index (κ2) is 9.78. The molecule has 156 valence electrons. The first-order chi connectivity index (χ1) is 14.2. The summed E-state index contributed by atoms with van der Waals surface area (Å²) >= 11 is 7.66. The Morgan fingerprint density at radius 1 is 1.10 bits per heavy atom. The number of benzene rings is 1. The van der Waals surface area contributed by atoms with Crippen LogP contribution in [-0.4, -0.2) is 66.6 Å². The maximum atomic E-state index is 12.5. The third-order valence-electron chi connectivity index (χ3n) is 5.44. The number of ether oxygens (including phenoxy) is 1. The van der Waals surface area contributed by atoms with Gasteiger partial charge in [-0.15, -0.1) is 11.3 Å². The van der Waals surface area contributed by atoms with Crippen LogP contribution in [-0.2, 0) is 11.3 Å². The number of halogens is 1. The molecular formula is C21H27ClN4O2S. The van der Waals surface area contributed by atoms with E-state index in [2.05, 4.69) is 15.2 Å². The fourth-order valence-corrected chi connectivity index (χ4v) is 4.85. The number of hydrogen-bond acceptors (Lipinski definition) is 6. The van der Waals surface area contributed by atoms with Gasteiger partial charge in [-0.3, -0.25) is 9.69 Å². The summed E-state index contributed by atoms with van der Waals surface area (Å²) in [5.74, 6) is 0.628. The van der Waals surface area contributed by atoms with E-state index in [0.717, 1.165) is 24.8 Å². The van der Waals surface area contributed by atoms with Crippen molar-refractivity contribution in [2.24, 2.45) is 0 Å². The molecule has 0 bridgehead atoms. The lowest BCUT2D eigenvalue weighted by Gasteiger charge is -2.34. The molecule has 1 aromatic carbocycles. The van der Waals surface area contributed by atoms with Crippen molar-refractivity contribution < 1.29 is 9.53 Å². The molecule has 2 saturated heterocycles. The summed E-state index contributed by atoms with van der Waals surface area (Å²) < 4.78 is 5.58. The van der Waals surface area contributed by atoms with E-state index in [0.29, 0.717) is 23.9 Å². The van der Waals surface area contributed by atoms with Gasteiger partial charge in [-0.1, -0.05) is 24.1 Å². The van der Waals surface area contributed by atoms with Crippen LogP contribution in [0.4, 0.5) is 5.13 Å². The molecule has 4 rings (SSSR count). The summed E-state index contributed by atoms with van der Waals surface area (Å²) in [5.41, 5.74) is 1.17. The number of rotatable bonds is 6. The van der Waals surface area contributed by atoms with Crippen LogP contribution in [0.2, 0.25) is 5.02 Å². The monoisotopic (exact) mass is 434 g/mol. The van der Waals surface area contributed by atoms with Crippen molar-refractivity contribution in [1.82, 2.24) is 14.8 Å². The van der Waals surface area contributed by atoms with Gasteiger partial charge in [-0.2, -0.15) is 0 Å². The lowest BCUT2D eigenvalue weighted by atomic mass is 10.1. The normalized spacial score (nSPS) is 18.1. The van der Waals surface area contributed by atoms with Gasteiger partial charge < -0.3 is 14.5 Å². The number of likely N-dealkylation sites (tertiary alicyclic amines) is 1. The van der Waals surface area contributed by atoms with E-state index < -0.39 is 0 Å². The Morgan fingerprint density at radius 2 is 1.90 bits per heavy atom. The smallest absolute Gasteiger partial charge is 0.260 e. The SMILES string of the molecule is O=C(COc1cccc(Cl)c1)N1CCN(c2nc(CN3CCCCC3)cs2)CC1. The molecule has 1 amide bonds. The summed E-state index contributed by atoms with van der Waals surface area (Å²) in [5, 5.41) is 3.85. The molecule has 3 heterocycles. The standard InChI is InChI=1S/C21H27ClN4O2S/c22-17-5-4-6-19(13-17)28-15-20(27)25-9-11-26(12-10-25)21-23-18(16-29-21)14-24-7-2-1-3-8-24/h4-6,13,16H,1-3,7-12,14-15H2. The van der Waals surface area contributed by atoms with Gasteiger partial charge in [0.05, 0.1) is 5.69 Å². The number of piperidine rings is 1. The average Bonchev–Trinajstić information content (AvgIpc) is 3.21. The number of carbonyl (C=O) groups is 1. The van der Waals surface area contributed by atoms with Crippen LogP contribution in [0.3, 0.4) is 0 Å². The van der Waals surface area contributed by atoms with Gasteiger partial charge in [0, 0.05) is 43.1 Å². The molecule has 0 spiro atoms. The summed E-state index contributed by atoms with van der Waals surface area (Å²) in [7, 11) is 0. The molecule has 0 radical (unpaired) electrons. The number of piperazine rings is 1. The van der Waals surface area contributed by atoms with Crippen molar-refractivity contribution in [3.8, 4) is 5.75 Å². The molecule has 1 aromatic heterocycles. The first-order valence-electron chi connectivity index (χ1n) is 10.3. The van der Waals surface area contributed by atoms with Crippen molar-refractivity contribution in [3.63, 3.8) is 0 Å². The number of aromatic nitrogens is 1. The Morgan fingerprint density at radius 3 is 2.66 bits per heavy atom. The fourth-order valence-electron chi connectivity index (χ4n) is 3.80. The Bertz CT molecular complexity index is 817. The zero-order chi connectivity index (χ0) is 20.1. The Kier molecular flexibility index (Phi) is 6.90. The summed E-state index contributed by atoms with van der Waals surface area (Å²) in [6.45, 7) is 6.36. The first kappa shape index (κ1) is 20.4. The molecule has 0 aliphatic carbocycles. The van der Waals surface area contributed by atoms with Crippen molar-refractivity contribution in [2.75, 3.05) is 50.8 Å². The third-order valence-corrected chi connectivity index (χ3v) is 6.62. The molecule has 6 nitrogen and oxygen atoms in total. The molecule has 29 heavy (non-hydrogen) atoms. The van der Waals surface area contributed by atoms with Gasteiger partial charge in [-0.05, 0) is 44.1 Å². The van der Waals surface area contributed by atoms with E-state index in [1.807, 2.05) is 11.0 Å². The molecule has 0 saturated carbocycles. The maximum absolute atomic E-state index is 12.5. The highest BCUT2D eigenvalue weighted by molar-refractivity contribution is 7.13. The first-order valence-corrected chi connectivity index (χ1v) is 11.5. The van der Waals surface area contributed by atoms with E-state index in [4.69, 9.17) is 21.3 Å². The van der Waals surface area contributed by atoms with Crippen LogP contribution in [0.5, 0.6) is 5.75 Å². The minimum Gasteiger partial charge on any atom is -0.484 e. The minimum atomic E-state index is 0.00884. The zero-order valence-corrected chi connectivity index (χ0v) is 18.1. The lowest BCUT2D eigenvalue weighted by Crippen LogP contribution is -2.50. The van der Waals surface area contributed by atoms with E-state index in [1.54, 1.807) is 29.5 Å². The number of thiazole rings is 1. The molecule has 2 aromatic rings. The topological polar surface area (TPSA) is 48.9 Å². The quantitative estimate of drug-likeness (QED) is 0.696. The molecule has 2 aliphatic heterocycles.